The van der Waals surface area contributed by atoms with Crippen LogP contribution in [-0.2, 0) is 11.3 Å². The third-order valence-electron chi connectivity index (χ3n) is 4.71. The molecule has 1 aromatic carbocycles. The van der Waals surface area contributed by atoms with Crippen molar-refractivity contribution in [3.63, 3.8) is 0 Å². The molecular formula is C19H27FN2O2. The van der Waals surface area contributed by atoms with Crippen LogP contribution >= 0.6 is 0 Å². The van der Waals surface area contributed by atoms with Crippen LogP contribution in [0.15, 0.2) is 36.9 Å². The molecule has 1 heterocycles. The van der Waals surface area contributed by atoms with Crippen LogP contribution in [0.25, 0.3) is 0 Å². The van der Waals surface area contributed by atoms with Gasteiger partial charge in [0.25, 0.3) is 0 Å². The van der Waals surface area contributed by atoms with Gasteiger partial charge in [0.15, 0.2) is 0 Å². The Kier molecular flexibility index (Phi) is 6.94. The summed E-state index contributed by atoms with van der Waals surface area (Å²) >= 11 is 0. The number of nitrogens with zero attached hydrogens (tertiary/aromatic N) is 1. The first-order valence-corrected chi connectivity index (χ1v) is 8.52. The van der Waals surface area contributed by atoms with Crippen molar-refractivity contribution in [1.29, 1.82) is 0 Å². The van der Waals surface area contributed by atoms with Gasteiger partial charge < -0.3 is 15.3 Å². The molecule has 1 amide bonds. The quantitative estimate of drug-likeness (QED) is 0.718. The standard InChI is InChI=1S/C19H27FN2O2/c1-2-9-19(15-23)10-3-11-22(14-19)12-8-18(24)21-13-16-4-6-17(20)7-5-16/h2,4-7,23H,1,3,8-15H2,(H,21,24)/t19-/m1/s1. The zero-order valence-corrected chi connectivity index (χ0v) is 14.1. The van der Waals surface area contributed by atoms with E-state index in [2.05, 4.69) is 16.8 Å². The molecule has 2 rings (SSSR count). The van der Waals surface area contributed by atoms with Crippen LogP contribution in [0.2, 0.25) is 0 Å². The Hall–Kier alpha value is -1.72. The van der Waals surface area contributed by atoms with Crippen molar-refractivity contribution in [3.8, 4) is 0 Å². The van der Waals surface area contributed by atoms with Crippen molar-refractivity contribution in [1.82, 2.24) is 10.2 Å². The molecule has 1 aliphatic rings. The maximum absolute atomic E-state index is 12.8. The second-order valence-corrected chi connectivity index (χ2v) is 6.68. The summed E-state index contributed by atoms with van der Waals surface area (Å²) in [5, 5.41) is 12.6. The van der Waals surface area contributed by atoms with Gasteiger partial charge in [-0.15, -0.1) is 6.58 Å². The minimum absolute atomic E-state index is 0.0109. The Labute approximate surface area is 143 Å². The lowest BCUT2D eigenvalue weighted by atomic mass is 9.78. The summed E-state index contributed by atoms with van der Waals surface area (Å²) in [4.78, 5) is 14.3. The van der Waals surface area contributed by atoms with Crippen LogP contribution in [0.5, 0.6) is 0 Å². The number of hydrogen-bond donors (Lipinski definition) is 2. The van der Waals surface area contributed by atoms with E-state index in [0.717, 1.165) is 37.9 Å². The summed E-state index contributed by atoms with van der Waals surface area (Å²) in [7, 11) is 0. The third kappa shape index (κ3) is 5.42. The number of aliphatic hydroxyl groups excluding tert-OH is 1. The van der Waals surface area contributed by atoms with Gasteiger partial charge >= 0.3 is 0 Å². The highest BCUT2D eigenvalue weighted by Gasteiger charge is 2.33. The van der Waals surface area contributed by atoms with Crippen molar-refractivity contribution in [2.75, 3.05) is 26.2 Å². The van der Waals surface area contributed by atoms with E-state index in [1.165, 1.54) is 12.1 Å². The first-order valence-electron chi connectivity index (χ1n) is 8.52. The molecule has 0 radical (unpaired) electrons. The number of amides is 1. The molecule has 0 saturated carbocycles. The Balaban J connectivity index is 1.74. The number of nitrogens with one attached hydrogen (secondary N) is 1. The van der Waals surface area contributed by atoms with Crippen LogP contribution in [0, 0.1) is 11.2 Å². The maximum atomic E-state index is 12.8. The van der Waals surface area contributed by atoms with Gasteiger partial charge in [0.05, 0.1) is 6.61 Å². The summed E-state index contributed by atoms with van der Waals surface area (Å²) in [5.74, 6) is -0.287. The van der Waals surface area contributed by atoms with Crippen molar-refractivity contribution in [2.45, 2.75) is 32.2 Å². The van der Waals surface area contributed by atoms with E-state index in [0.29, 0.717) is 19.5 Å². The van der Waals surface area contributed by atoms with Crippen LogP contribution in [0.3, 0.4) is 0 Å². The number of hydrogen-bond acceptors (Lipinski definition) is 3. The van der Waals surface area contributed by atoms with Crippen molar-refractivity contribution < 1.29 is 14.3 Å². The first-order chi connectivity index (χ1) is 11.6. The van der Waals surface area contributed by atoms with E-state index in [4.69, 9.17) is 0 Å². The highest BCUT2D eigenvalue weighted by atomic mass is 19.1. The molecule has 132 valence electrons. The molecule has 2 N–H and O–H groups in total. The lowest BCUT2D eigenvalue weighted by Gasteiger charge is -2.41. The van der Waals surface area contributed by atoms with E-state index in [1.54, 1.807) is 12.1 Å². The average molecular weight is 334 g/mol. The molecule has 1 saturated heterocycles. The number of halogens is 1. The van der Waals surface area contributed by atoms with Crippen molar-refractivity contribution in [2.24, 2.45) is 5.41 Å². The topological polar surface area (TPSA) is 52.6 Å². The summed E-state index contributed by atoms with van der Waals surface area (Å²) < 4.78 is 12.8. The monoisotopic (exact) mass is 334 g/mol. The SMILES string of the molecule is C=CC[C@@]1(CO)CCCN(CCC(=O)NCc2ccc(F)cc2)C1. The lowest BCUT2D eigenvalue weighted by Crippen LogP contribution is -2.46. The predicted octanol–water partition coefficient (Wildman–Crippen LogP) is 2.48. The number of carbonyl (C=O) groups excluding carboxylic acids is 1. The lowest BCUT2D eigenvalue weighted by molar-refractivity contribution is -0.121. The zero-order valence-electron chi connectivity index (χ0n) is 14.1. The minimum Gasteiger partial charge on any atom is -0.396 e. The van der Waals surface area contributed by atoms with E-state index in [9.17, 15) is 14.3 Å². The van der Waals surface area contributed by atoms with Gasteiger partial charge in [-0.25, -0.2) is 4.39 Å². The number of rotatable bonds is 8. The maximum Gasteiger partial charge on any atom is 0.221 e. The van der Waals surface area contributed by atoms with Gasteiger partial charge in [-0.3, -0.25) is 4.79 Å². The van der Waals surface area contributed by atoms with Crippen LogP contribution in [-0.4, -0.2) is 42.2 Å². The second-order valence-electron chi connectivity index (χ2n) is 6.68. The highest BCUT2D eigenvalue weighted by Crippen LogP contribution is 2.33. The summed E-state index contributed by atoms with van der Waals surface area (Å²) in [6, 6.07) is 6.13. The summed E-state index contributed by atoms with van der Waals surface area (Å²) in [5.41, 5.74) is 0.776. The predicted molar refractivity (Wildman–Crippen MR) is 92.9 cm³/mol. The number of carbonyl (C=O) groups is 1. The van der Waals surface area contributed by atoms with Gasteiger partial charge in [-0.2, -0.15) is 0 Å². The molecule has 4 nitrogen and oxygen atoms in total. The van der Waals surface area contributed by atoms with Crippen LogP contribution in [0.1, 0.15) is 31.2 Å². The third-order valence-corrected chi connectivity index (χ3v) is 4.71. The minimum atomic E-state index is -0.276. The van der Waals surface area contributed by atoms with E-state index < -0.39 is 0 Å². The van der Waals surface area contributed by atoms with E-state index in [-0.39, 0.29) is 23.7 Å². The number of aliphatic hydroxyl groups is 1. The van der Waals surface area contributed by atoms with Crippen LogP contribution in [0.4, 0.5) is 4.39 Å². The Morgan fingerprint density at radius 3 is 2.83 bits per heavy atom. The second kappa shape index (κ2) is 8.94. The molecule has 0 spiro atoms. The molecule has 0 bridgehead atoms. The molecule has 0 unspecified atom stereocenters. The van der Waals surface area contributed by atoms with Crippen molar-refractivity contribution >= 4 is 5.91 Å². The molecule has 0 aliphatic carbocycles. The normalized spacial score (nSPS) is 21.4. The molecule has 1 aliphatic heterocycles. The Bertz CT molecular complexity index is 547. The molecular weight excluding hydrogens is 307 g/mol. The Morgan fingerprint density at radius 2 is 2.17 bits per heavy atom. The number of piperidine rings is 1. The fourth-order valence-electron chi connectivity index (χ4n) is 3.32. The van der Waals surface area contributed by atoms with Gasteiger partial charge in [-0.05, 0) is 43.5 Å². The van der Waals surface area contributed by atoms with Crippen molar-refractivity contribution in [3.05, 3.63) is 48.3 Å². The van der Waals surface area contributed by atoms with Crippen LogP contribution < -0.4 is 5.32 Å². The largest absolute Gasteiger partial charge is 0.396 e. The summed E-state index contributed by atoms with van der Waals surface area (Å²) in [6.07, 6.45) is 5.14. The van der Waals surface area contributed by atoms with Gasteiger partial charge in [0.2, 0.25) is 5.91 Å². The number of allylic oxidation sites excluding steroid dienone is 1. The fraction of sp³-hybridized carbons (Fsp3) is 0.526. The average Bonchev–Trinajstić information content (AvgIpc) is 2.60. The molecule has 24 heavy (non-hydrogen) atoms. The molecule has 0 aromatic heterocycles. The first kappa shape index (κ1) is 18.6. The smallest absolute Gasteiger partial charge is 0.221 e. The van der Waals surface area contributed by atoms with E-state index >= 15 is 0 Å². The molecule has 1 atom stereocenters. The number of likely N-dealkylation sites (tertiary alicyclic amines) is 1. The van der Waals surface area contributed by atoms with Gasteiger partial charge in [-0.1, -0.05) is 18.2 Å². The Morgan fingerprint density at radius 1 is 1.42 bits per heavy atom. The summed E-state index contributed by atoms with van der Waals surface area (Å²) in [6.45, 7) is 6.82. The molecule has 1 aromatic rings. The zero-order chi connectivity index (χ0) is 17.4. The number of benzene rings is 1. The van der Waals surface area contributed by atoms with Gasteiger partial charge in [0.1, 0.15) is 5.82 Å². The molecule has 5 heteroatoms. The van der Waals surface area contributed by atoms with Gasteiger partial charge in [0, 0.05) is 31.5 Å². The van der Waals surface area contributed by atoms with E-state index in [1.807, 2.05) is 6.08 Å². The molecule has 1 fully saturated rings. The fourth-order valence-corrected chi connectivity index (χ4v) is 3.32. The highest BCUT2D eigenvalue weighted by molar-refractivity contribution is 5.76.